The number of carbonyl (C=O) groups excluding carboxylic acids is 1. The van der Waals surface area contributed by atoms with Crippen molar-refractivity contribution >= 4 is 17.7 Å². The van der Waals surface area contributed by atoms with Gasteiger partial charge in [0, 0.05) is 24.3 Å². The summed E-state index contributed by atoms with van der Waals surface area (Å²) in [6.07, 6.45) is 0. The number of nitrogens with zero attached hydrogens (tertiary/aromatic N) is 2. The molecule has 0 aliphatic rings. The average molecular weight is 316 g/mol. The van der Waals surface area contributed by atoms with Gasteiger partial charge in [-0.15, -0.1) is 0 Å². The van der Waals surface area contributed by atoms with Gasteiger partial charge in [-0.1, -0.05) is 36.9 Å². The van der Waals surface area contributed by atoms with Crippen LogP contribution in [0.25, 0.3) is 11.3 Å². The maximum Gasteiger partial charge on any atom is 0.333 e. The minimum Gasteiger partial charge on any atom is -0.451 e. The molecule has 2 rings (SSSR count). The van der Waals surface area contributed by atoms with Crippen LogP contribution in [0.5, 0.6) is 0 Å². The lowest BCUT2D eigenvalue weighted by Gasteiger charge is -2.09. The third-order valence-corrected chi connectivity index (χ3v) is 3.75. The van der Waals surface area contributed by atoms with E-state index in [-0.39, 0.29) is 11.5 Å². The standard InChI is InChI=1S/C16H16N2O3S/c1-11(2)15(20)21-10-22-16-17-13(9-14(19)18(16)3)12-7-5-4-6-8-12/h4-9H,1,10H2,2-3H3. The van der Waals surface area contributed by atoms with Crippen molar-refractivity contribution in [1.82, 2.24) is 9.55 Å². The quantitative estimate of drug-likeness (QED) is 0.279. The molecule has 0 N–H and O–H groups in total. The van der Waals surface area contributed by atoms with Crippen molar-refractivity contribution in [1.29, 1.82) is 0 Å². The molecule has 0 radical (unpaired) electrons. The largest absolute Gasteiger partial charge is 0.451 e. The van der Waals surface area contributed by atoms with E-state index in [1.807, 2.05) is 30.3 Å². The van der Waals surface area contributed by atoms with Gasteiger partial charge in [0.05, 0.1) is 5.69 Å². The summed E-state index contributed by atoms with van der Waals surface area (Å²) in [7, 11) is 1.63. The zero-order valence-electron chi connectivity index (χ0n) is 12.4. The number of ether oxygens (including phenoxy) is 1. The van der Waals surface area contributed by atoms with Gasteiger partial charge in [-0.3, -0.25) is 9.36 Å². The zero-order valence-corrected chi connectivity index (χ0v) is 13.2. The van der Waals surface area contributed by atoms with E-state index in [4.69, 9.17) is 4.74 Å². The zero-order chi connectivity index (χ0) is 16.1. The molecule has 114 valence electrons. The van der Waals surface area contributed by atoms with Gasteiger partial charge in [-0.05, 0) is 18.7 Å². The molecule has 0 aliphatic heterocycles. The van der Waals surface area contributed by atoms with E-state index in [2.05, 4.69) is 11.6 Å². The number of aromatic nitrogens is 2. The van der Waals surface area contributed by atoms with E-state index < -0.39 is 5.97 Å². The minimum atomic E-state index is -0.461. The number of esters is 1. The van der Waals surface area contributed by atoms with Crippen LogP contribution in [0.3, 0.4) is 0 Å². The minimum absolute atomic E-state index is 0.0736. The molecule has 2 aromatic rings. The molecule has 0 fully saturated rings. The van der Waals surface area contributed by atoms with E-state index in [1.54, 1.807) is 14.0 Å². The molecule has 5 nitrogen and oxygen atoms in total. The van der Waals surface area contributed by atoms with Gasteiger partial charge in [0.1, 0.15) is 5.94 Å². The molecule has 22 heavy (non-hydrogen) atoms. The Labute approximate surface area is 132 Å². The molecule has 0 aliphatic carbocycles. The van der Waals surface area contributed by atoms with E-state index >= 15 is 0 Å². The molecule has 0 spiro atoms. The molecule has 0 saturated carbocycles. The predicted molar refractivity (Wildman–Crippen MR) is 86.5 cm³/mol. The van der Waals surface area contributed by atoms with Crippen LogP contribution in [-0.4, -0.2) is 21.5 Å². The summed E-state index contributed by atoms with van der Waals surface area (Å²) in [5.74, 6) is -0.388. The normalized spacial score (nSPS) is 10.3. The summed E-state index contributed by atoms with van der Waals surface area (Å²) in [4.78, 5) is 27.8. The van der Waals surface area contributed by atoms with Gasteiger partial charge in [-0.2, -0.15) is 0 Å². The first kappa shape index (κ1) is 16.0. The molecule has 1 aromatic carbocycles. The Hall–Kier alpha value is -2.34. The number of hydrogen-bond acceptors (Lipinski definition) is 5. The van der Waals surface area contributed by atoms with Gasteiger partial charge < -0.3 is 4.74 Å². The topological polar surface area (TPSA) is 61.2 Å². The lowest BCUT2D eigenvalue weighted by molar-refractivity contribution is -0.136. The Balaban J connectivity index is 2.21. The van der Waals surface area contributed by atoms with Crippen LogP contribution in [0.4, 0.5) is 0 Å². The van der Waals surface area contributed by atoms with E-state index in [0.29, 0.717) is 16.4 Å². The number of carbonyl (C=O) groups is 1. The first-order valence-electron chi connectivity index (χ1n) is 6.58. The SMILES string of the molecule is C=C(C)C(=O)OCSc1nc(-c2ccccc2)cc(=O)n1C. The van der Waals surface area contributed by atoms with Crippen LogP contribution in [0, 0.1) is 0 Å². The fraction of sp³-hybridized carbons (Fsp3) is 0.188. The van der Waals surface area contributed by atoms with Crippen LogP contribution >= 0.6 is 11.8 Å². The molecular formula is C16H16N2O3S. The maximum atomic E-state index is 12.0. The lowest BCUT2D eigenvalue weighted by Crippen LogP contribution is -2.19. The van der Waals surface area contributed by atoms with Gasteiger partial charge in [-0.25, -0.2) is 9.78 Å². The summed E-state index contributed by atoms with van der Waals surface area (Å²) in [5.41, 5.74) is 1.63. The summed E-state index contributed by atoms with van der Waals surface area (Å²) in [5, 5.41) is 0.487. The van der Waals surface area contributed by atoms with Crippen LogP contribution < -0.4 is 5.56 Å². The Kier molecular flexibility index (Phi) is 5.16. The maximum absolute atomic E-state index is 12.0. The van der Waals surface area contributed by atoms with Gasteiger partial charge >= 0.3 is 5.97 Å². The lowest BCUT2D eigenvalue weighted by atomic mass is 10.1. The van der Waals surface area contributed by atoms with Crippen LogP contribution in [0.15, 0.2) is 58.5 Å². The van der Waals surface area contributed by atoms with Gasteiger partial charge in [0.2, 0.25) is 0 Å². The fourth-order valence-electron chi connectivity index (χ4n) is 1.66. The molecule has 1 aromatic heterocycles. The molecule has 6 heteroatoms. The second-order valence-corrected chi connectivity index (χ2v) is 5.55. The monoisotopic (exact) mass is 316 g/mol. The van der Waals surface area contributed by atoms with Crippen molar-refractivity contribution in [3.05, 3.63) is 58.9 Å². The Morgan fingerprint density at radius 3 is 2.68 bits per heavy atom. The van der Waals surface area contributed by atoms with E-state index in [9.17, 15) is 9.59 Å². The number of benzene rings is 1. The van der Waals surface area contributed by atoms with E-state index in [0.717, 1.165) is 5.56 Å². The Bertz CT molecular complexity index is 754. The second kappa shape index (κ2) is 7.09. The molecule has 0 bridgehead atoms. The average Bonchev–Trinajstić information content (AvgIpc) is 2.51. The van der Waals surface area contributed by atoms with Crippen molar-refractivity contribution < 1.29 is 9.53 Å². The first-order chi connectivity index (χ1) is 10.5. The number of rotatable bonds is 5. The van der Waals surface area contributed by atoms with Crippen LogP contribution in [0.1, 0.15) is 6.92 Å². The molecule has 0 unspecified atom stereocenters. The second-order valence-electron chi connectivity index (χ2n) is 4.66. The van der Waals surface area contributed by atoms with E-state index in [1.165, 1.54) is 22.4 Å². The number of thioether (sulfide) groups is 1. The highest BCUT2D eigenvalue weighted by atomic mass is 32.2. The smallest absolute Gasteiger partial charge is 0.333 e. The molecule has 0 saturated heterocycles. The molecular weight excluding hydrogens is 300 g/mol. The first-order valence-corrected chi connectivity index (χ1v) is 7.56. The van der Waals surface area contributed by atoms with Gasteiger partial charge in [0.15, 0.2) is 5.16 Å². The highest BCUT2D eigenvalue weighted by Crippen LogP contribution is 2.20. The summed E-state index contributed by atoms with van der Waals surface area (Å²) in [6, 6.07) is 10.9. The summed E-state index contributed by atoms with van der Waals surface area (Å²) in [6.45, 7) is 5.09. The third-order valence-electron chi connectivity index (χ3n) is 2.89. The molecule has 0 atom stereocenters. The summed E-state index contributed by atoms with van der Waals surface area (Å²) < 4.78 is 6.44. The van der Waals surface area contributed by atoms with Crippen molar-refractivity contribution in [2.24, 2.45) is 7.05 Å². The van der Waals surface area contributed by atoms with Crippen molar-refractivity contribution in [3.63, 3.8) is 0 Å². The molecule has 0 amide bonds. The Morgan fingerprint density at radius 1 is 1.36 bits per heavy atom. The van der Waals surface area contributed by atoms with Crippen LogP contribution in [0.2, 0.25) is 0 Å². The van der Waals surface area contributed by atoms with Crippen molar-refractivity contribution in [2.75, 3.05) is 5.94 Å². The molecule has 1 heterocycles. The van der Waals surface area contributed by atoms with Crippen LogP contribution in [-0.2, 0) is 16.6 Å². The summed E-state index contributed by atoms with van der Waals surface area (Å²) >= 11 is 1.18. The Morgan fingerprint density at radius 2 is 2.05 bits per heavy atom. The third kappa shape index (κ3) is 3.85. The predicted octanol–water partition coefficient (Wildman–Crippen LogP) is 2.62. The highest BCUT2D eigenvalue weighted by molar-refractivity contribution is 7.99. The van der Waals surface area contributed by atoms with Gasteiger partial charge in [0.25, 0.3) is 5.56 Å². The van der Waals surface area contributed by atoms with Crippen molar-refractivity contribution in [2.45, 2.75) is 12.1 Å². The van der Waals surface area contributed by atoms with Crippen molar-refractivity contribution in [3.8, 4) is 11.3 Å². The highest BCUT2D eigenvalue weighted by Gasteiger charge is 2.10. The number of hydrogen-bond donors (Lipinski definition) is 0. The fourth-order valence-corrected chi connectivity index (χ4v) is 2.38.